The molecule has 0 aromatic rings. The van der Waals surface area contributed by atoms with Gasteiger partial charge in [0.25, 0.3) is 0 Å². The van der Waals surface area contributed by atoms with Gasteiger partial charge >= 0.3 is 17.2 Å². The molecular formula is C26H36F2O8S. The van der Waals surface area contributed by atoms with E-state index in [1.165, 1.54) is 32.1 Å². The fourth-order valence-electron chi connectivity index (χ4n) is 9.81. The molecule has 8 bridgehead atoms. The zero-order valence-corrected chi connectivity index (χ0v) is 21.9. The van der Waals surface area contributed by atoms with Gasteiger partial charge in [0, 0.05) is 0 Å². The van der Waals surface area contributed by atoms with Gasteiger partial charge in [-0.3, -0.25) is 0 Å². The molecule has 11 heteroatoms. The van der Waals surface area contributed by atoms with Gasteiger partial charge in [0.1, 0.15) is 30.4 Å². The van der Waals surface area contributed by atoms with E-state index >= 15 is 0 Å². The van der Waals surface area contributed by atoms with Crippen LogP contribution in [0.1, 0.15) is 77.6 Å². The molecule has 0 heterocycles. The quantitative estimate of drug-likeness (QED) is 0.169. The van der Waals surface area contributed by atoms with Crippen molar-refractivity contribution in [3.63, 3.8) is 0 Å². The highest BCUT2D eigenvalue weighted by atomic mass is 32.2. The molecule has 0 aromatic carbocycles. The number of carbonyl (C=O) groups is 2. The van der Waals surface area contributed by atoms with Crippen molar-refractivity contribution in [2.45, 2.75) is 100 Å². The molecular weight excluding hydrogens is 510 g/mol. The third-order valence-electron chi connectivity index (χ3n) is 10.7. The van der Waals surface area contributed by atoms with E-state index in [-0.39, 0.29) is 30.0 Å². The second kappa shape index (κ2) is 9.57. The van der Waals surface area contributed by atoms with Crippen LogP contribution < -0.4 is 0 Å². The number of hydrogen-bond donors (Lipinski definition) is 1. The summed E-state index contributed by atoms with van der Waals surface area (Å²) in [6.07, 6.45) is 9.74. The fourth-order valence-corrected chi connectivity index (χ4v) is 10.0. The summed E-state index contributed by atoms with van der Waals surface area (Å²) in [5, 5.41) is 7.28. The normalized spacial score (nSPS) is 45.3. The molecule has 8 aliphatic rings. The third-order valence-corrected chi connectivity index (χ3v) is 11.2. The second-order valence-electron chi connectivity index (χ2n) is 12.6. The Morgan fingerprint density at radius 1 is 0.946 bits per heavy atom. The number of esters is 2. The van der Waals surface area contributed by atoms with E-state index in [9.17, 15) is 18.4 Å². The van der Waals surface area contributed by atoms with E-state index < -0.39 is 35.0 Å². The average molecular weight is 547 g/mol. The largest absolute Gasteiger partial charge is 0.457 e. The van der Waals surface area contributed by atoms with Crippen LogP contribution in [0, 0.1) is 41.4 Å². The van der Waals surface area contributed by atoms with Gasteiger partial charge in [0.05, 0.1) is 5.60 Å². The number of ether oxygens (including phenoxy) is 3. The SMILES string of the molecule is CCC1(OC(=O)COC23CC4CC(C2)C(OC(=O)C(F)(F)SOOO)C(C4)C3)C2CC3CC(C2)CC1C3. The summed E-state index contributed by atoms with van der Waals surface area (Å²) in [4.78, 5) is 25.3. The molecule has 8 rings (SSSR count). The maximum absolute atomic E-state index is 14.0. The van der Waals surface area contributed by atoms with Crippen molar-refractivity contribution in [3.05, 3.63) is 0 Å². The van der Waals surface area contributed by atoms with Gasteiger partial charge in [-0.05, 0) is 112 Å². The van der Waals surface area contributed by atoms with Gasteiger partial charge in [-0.15, -0.1) is 4.33 Å². The smallest absolute Gasteiger partial charge is 0.415 e. The maximum Gasteiger partial charge on any atom is 0.415 e. The van der Waals surface area contributed by atoms with Crippen molar-refractivity contribution >= 4 is 24.0 Å². The van der Waals surface area contributed by atoms with Crippen LogP contribution >= 0.6 is 12.0 Å². The Bertz CT molecular complexity index is 871. The predicted octanol–water partition coefficient (Wildman–Crippen LogP) is 5.30. The van der Waals surface area contributed by atoms with Crippen LogP contribution in [-0.2, 0) is 33.2 Å². The van der Waals surface area contributed by atoms with Crippen molar-refractivity contribution in [2.24, 2.45) is 41.4 Å². The molecule has 0 spiro atoms. The maximum atomic E-state index is 14.0. The molecule has 8 aliphatic carbocycles. The van der Waals surface area contributed by atoms with E-state index in [2.05, 4.69) is 16.3 Å². The van der Waals surface area contributed by atoms with E-state index in [1.807, 2.05) is 0 Å². The van der Waals surface area contributed by atoms with Crippen LogP contribution in [-0.4, -0.2) is 46.4 Å². The van der Waals surface area contributed by atoms with Crippen molar-refractivity contribution in [2.75, 3.05) is 6.61 Å². The van der Waals surface area contributed by atoms with Gasteiger partial charge < -0.3 is 14.2 Å². The lowest BCUT2D eigenvalue weighted by molar-refractivity contribution is -0.433. The zero-order valence-electron chi connectivity index (χ0n) is 21.1. The van der Waals surface area contributed by atoms with E-state index in [1.54, 1.807) is 0 Å². The summed E-state index contributed by atoms with van der Waals surface area (Å²) < 4.78 is 49.6. The second-order valence-corrected chi connectivity index (χ2v) is 13.5. The minimum Gasteiger partial charge on any atom is -0.457 e. The third kappa shape index (κ3) is 4.60. The predicted molar refractivity (Wildman–Crippen MR) is 126 cm³/mol. The topological polar surface area (TPSA) is 101 Å². The van der Waals surface area contributed by atoms with E-state index in [0.717, 1.165) is 37.5 Å². The Morgan fingerprint density at radius 3 is 2.14 bits per heavy atom. The molecule has 8 fully saturated rings. The van der Waals surface area contributed by atoms with Crippen LogP contribution in [0.25, 0.3) is 0 Å². The lowest BCUT2D eigenvalue weighted by Gasteiger charge is -2.60. The molecule has 0 saturated heterocycles. The van der Waals surface area contributed by atoms with Crippen LogP contribution in [0.3, 0.4) is 0 Å². The first-order valence-electron chi connectivity index (χ1n) is 13.8. The Morgan fingerprint density at radius 2 is 1.57 bits per heavy atom. The number of hydrogen-bond acceptors (Lipinski definition) is 9. The van der Waals surface area contributed by atoms with Crippen molar-refractivity contribution in [1.82, 2.24) is 0 Å². The van der Waals surface area contributed by atoms with Crippen molar-refractivity contribution < 1.29 is 47.2 Å². The van der Waals surface area contributed by atoms with Crippen LogP contribution in [0.4, 0.5) is 8.78 Å². The Labute approximate surface area is 219 Å². The monoisotopic (exact) mass is 546 g/mol. The molecule has 37 heavy (non-hydrogen) atoms. The fraction of sp³-hybridized carbons (Fsp3) is 0.923. The molecule has 2 atom stereocenters. The van der Waals surface area contributed by atoms with Crippen LogP contribution in [0.15, 0.2) is 0 Å². The van der Waals surface area contributed by atoms with Crippen LogP contribution in [0.5, 0.6) is 0 Å². The summed E-state index contributed by atoms with van der Waals surface area (Å²) >= 11 is -0.609. The zero-order chi connectivity index (χ0) is 26.0. The van der Waals surface area contributed by atoms with Crippen LogP contribution in [0.2, 0.25) is 0 Å². The molecule has 8 nitrogen and oxygen atoms in total. The molecule has 0 aliphatic heterocycles. The van der Waals surface area contributed by atoms with Gasteiger partial charge in [0.15, 0.2) is 0 Å². The van der Waals surface area contributed by atoms with Gasteiger partial charge in [0.2, 0.25) is 0 Å². The van der Waals surface area contributed by atoms with E-state index in [4.69, 9.17) is 19.5 Å². The molecule has 1 N–H and O–H groups in total. The number of carbonyl (C=O) groups excluding carboxylic acids is 2. The standard InChI is InChI=1S/C26H36F2O8S/c1-2-25(19-6-14-3-15(8-19)9-20(25)7-14)34-21(29)13-32-24-10-16-4-17(11-24)22(18(5-16)12-24)33-23(30)26(27,28)37-36-35-31/h14-20,22,31H,2-13H2,1H3. The summed E-state index contributed by atoms with van der Waals surface area (Å²) in [6.45, 7) is 2.04. The number of rotatable bonds is 10. The van der Waals surface area contributed by atoms with Gasteiger partial charge in [-0.1, -0.05) is 12.0 Å². The minimum absolute atomic E-state index is 0.0993. The lowest BCUT2D eigenvalue weighted by Crippen LogP contribution is -2.60. The summed E-state index contributed by atoms with van der Waals surface area (Å²) in [5.74, 6) is 0.636. The summed E-state index contributed by atoms with van der Waals surface area (Å²) in [6, 6.07) is 0. The van der Waals surface area contributed by atoms with Crippen molar-refractivity contribution in [3.8, 4) is 0 Å². The first-order valence-corrected chi connectivity index (χ1v) is 14.5. The molecule has 208 valence electrons. The van der Waals surface area contributed by atoms with E-state index in [0.29, 0.717) is 30.6 Å². The average Bonchev–Trinajstić information content (AvgIpc) is 2.85. The first kappa shape index (κ1) is 26.2. The molecule has 0 amide bonds. The first-order chi connectivity index (χ1) is 17.6. The minimum atomic E-state index is -4.01. The molecule has 0 aromatic heterocycles. The molecule has 8 saturated carbocycles. The highest BCUT2D eigenvalue weighted by molar-refractivity contribution is 7.96. The number of alkyl halides is 2. The van der Waals surface area contributed by atoms with Gasteiger partial charge in [-0.2, -0.15) is 8.78 Å². The van der Waals surface area contributed by atoms with Gasteiger partial charge in [-0.25, -0.2) is 14.8 Å². The summed E-state index contributed by atoms with van der Waals surface area (Å²) in [7, 11) is 0. The molecule has 2 unspecified atom stereocenters. The highest BCUT2D eigenvalue weighted by Gasteiger charge is 2.60. The number of halogens is 2. The molecule has 0 radical (unpaired) electrons. The highest BCUT2D eigenvalue weighted by Crippen LogP contribution is 2.61. The van der Waals surface area contributed by atoms with Crippen molar-refractivity contribution in [1.29, 1.82) is 0 Å². The lowest BCUT2D eigenvalue weighted by atomic mass is 9.49. The Hall–Kier alpha value is -1.01. The Balaban J connectivity index is 1.07. The summed E-state index contributed by atoms with van der Waals surface area (Å²) in [5.41, 5.74) is -0.865. The Kier molecular flexibility index (Phi) is 6.78.